The quantitative estimate of drug-likeness (QED) is 0.357. The zero-order chi connectivity index (χ0) is 22.2. The first-order valence-corrected chi connectivity index (χ1v) is 10.3. The predicted molar refractivity (Wildman–Crippen MR) is 124 cm³/mol. The van der Waals surface area contributed by atoms with Crippen LogP contribution in [0.3, 0.4) is 0 Å². The molecule has 0 saturated carbocycles. The van der Waals surface area contributed by atoms with Gasteiger partial charge in [-0.05, 0) is 55.5 Å². The third-order valence-electron chi connectivity index (χ3n) is 5.16. The Kier molecular flexibility index (Phi) is 5.03. The maximum Gasteiger partial charge on any atom is 0.162 e. The molecule has 0 fully saturated rings. The Labute approximate surface area is 188 Å². The Morgan fingerprint density at radius 2 is 1.91 bits per heavy atom. The second-order valence-corrected chi connectivity index (χ2v) is 7.67. The van der Waals surface area contributed by atoms with Crippen molar-refractivity contribution in [3.63, 3.8) is 0 Å². The van der Waals surface area contributed by atoms with Crippen molar-refractivity contribution in [2.75, 3.05) is 12.4 Å². The van der Waals surface area contributed by atoms with E-state index in [4.69, 9.17) is 21.3 Å². The molecule has 0 aliphatic heterocycles. The molecule has 32 heavy (non-hydrogen) atoms. The number of ether oxygens (including phenoxy) is 1. The summed E-state index contributed by atoms with van der Waals surface area (Å²) in [6.45, 7) is 1.94. The van der Waals surface area contributed by atoms with Gasteiger partial charge in [-0.15, -0.1) is 0 Å². The number of hydrogen-bond acceptors (Lipinski definition) is 4. The van der Waals surface area contributed by atoms with Crippen molar-refractivity contribution < 1.29 is 9.13 Å². The van der Waals surface area contributed by atoms with Crippen LogP contribution in [0.1, 0.15) is 5.69 Å². The maximum atomic E-state index is 13.3. The van der Waals surface area contributed by atoms with E-state index in [0.29, 0.717) is 22.2 Å². The number of methoxy groups -OCH3 is 1. The Bertz CT molecular complexity index is 1420. The van der Waals surface area contributed by atoms with E-state index in [1.165, 1.54) is 12.1 Å². The smallest absolute Gasteiger partial charge is 0.162 e. The van der Waals surface area contributed by atoms with Crippen LogP contribution >= 0.6 is 11.6 Å². The first kappa shape index (κ1) is 20.1. The summed E-state index contributed by atoms with van der Waals surface area (Å²) in [4.78, 5) is 9.00. The zero-order valence-corrected chi connectivity index (χ0v) is 18.1. The van der Waals surface area contributed by atoms with Crippen molar-refractivity contribution in [3.05, 3.63) is 90.0 Å². The van der Waals surface area contributed by atoms with Gasteiger partial charge in [0.25, 0.3) is 0 Å². The molecule has 0 radical (unpaired) electrons. The number of rotatable bonds is 5. The standard InChI is InChI=1S/C24H19ClFN5O/c1-15-13-30(14-27-15)20-10-9-18(12-21(20)32-2)28-19-4-3-11-31-23(25)22(29-24(19)31)16-5-7-17(26)8-6-16/h3-14,28H,1-2H3. The number of halogens is 2. The van der Waals surface area contributed by atoms with Gasteiger partial charge in [0.2, 0.25) is 0 Å². The molecular formula is C24H19ClFN5O. The van der Waals surface area contributed by atoms with E-state index in [1.807, 2.05) is 54.2 Å². The molecule has 5 aromatic rings. The van der Waals surface area contributed by atoms with Crippen molar-refractivity contribution in [2.24, 2.45) is 0 Å². The minimum absolute atomic E-state index is 0.306. The van der Waals surface area contributed by atoms with Crippen LogP contribution in [0.25, 0.3) is 22.6 Å². The molecule has 0 bridgehead atoms. The lowest BCUT2D eigenvalue weighted by Crippen LogP contribution is -1.99. The fourth-order valence-electron chi connectivity index (χ4n) is 3.60. The summed E-state index contributed by atoms with van der Waals surface area (Å²) in [5.74, 6) is 0.395. The molecule has 160 valence electrons. The molecule has 0 aliphatic rings. The summed E-state index contributed by atoms with van der Waals surface area (Å²) in [5, 5.41) is 3.86. The highest BCUT2D eigenvalue weighted by molar-refractivity contribution is 6.32. The van der Waals surface area contributed by atoms with Gasteiger partial charge in [-0.1, -0.05) is 11.6 Å². The first-order valence-electron chi connectivity index (χ1n) is 9.92. The highest BCUT2D eigenvalue weighted by Crippen LogP contribution is 2.33. The lowest BCUT2D eigenvalue weighted by molar-refractivity contribution is 0.413. The molecule has 1 N–H and O–H groups in total. The molecule has 0 atom stereocenters. The van der Waals surface area contributed by atoms with E-state index in [-0.39, 0.29) is 5.82 Å². The summed E-state index contributed by atoms with van der Waals surface area (Å²) in [6, 6.07) is 15.8. The van der Waals surface area contributed by atoms with Crippen LogP contribution in [0.4, 0.5) is 15.8 Å². The second kappa shape index (κ2) is 8.01. The van der Waals surface area contributed by atoms with Crippen LogP contribution in [-0.2, 0) is 0 Å². The van der Waals surface area contributed by atoms with Crippen LogP contribution in [0.5, 0.6) is 5.75 Å². The van der Waals surface area contributed by atoms with Crippen LogP contribution in [-0.4, -0.2) is 26.0 Å². The Hall–Kier alpha value is -3.84. The number of imidazole rings is 2. The SMILES string of the molecule is COc1cc(Nc2cccn3c(Cl)c(-c4ccc(F)cc4)nc23)ccc1-n1cnc(C)c1. The second-order valence-electron chi connectivity index (χ2n) is 7.31. The minimum atomic E-state index is -0.306. The molecule has 0 saturated heterocycles. The average molecular weight is 448 g/mol. The van der Waals surface area contributed by atoms with Gasteiger partial charge in [0.1, 0.15) is 22.4 Å². The largest absolute Gasteiger partial charge is 0.494 e. The van der Waals surface area contributed by atoms with E-state index in [0.717, 1.165) is 28.3 Å². The van der Waals surface area contributed by atoms with Crippen molar-refractivity contribution >= 4 is 28.6 Å². The van der Waals surface area contributed by atoms with Gasteiger partial charge in [0.15, 0.2) is 5.65 Å². The van der Waals surface area contributed by atoms with Crippen molar-refractivity contribution in [3.8, 4) is 22.7 Å². The monoisotopic (exact) mass is 447 g/mol. The van der Waals surface area contributed by atoms with Crippen molar-refractivity contribution in [1.29, 1.82) is 0 Å². The zero-order valence-electron chi connectivity index (χ0n) is 17.4. The van der Waals surface area contributed by atoms with Crippen LogP contribution in [0.2, 0.25) is 5.15 Å². The number of nitrogens with one attached hydrogen (secondary N) is 1. The summed E-state index contributed by atoms with van der Waals surface area (Å²) in [7, 11) is 1.64. The van der Waals surface area contributed by atoms with Crippen molar-refractivity contribution in [2.45, 2.75) is 6.92 Å². The topological polar surface area (TPSA) is 56.4 Å². The predicted octanol–water partition coefficient (Wildman–Crippen LogP) is 6.04. The Morgan fingerprint density at radius 3 is 2.62 bits per heavy atom. The molecule has 0 aliphatic carbocycles. The number of pyridine rings is 1. The van der Waals surface area contributed by atoms with Gasteiger partial charge >= 0.3 is 0 Å². The molecule has 0 unspecified atom stereocenters. The minimum Gasteiger partial charge on any atom is -0.494 e. The lowest BCUT2D eigenvalue weighted by Gasteiger charge is -2.13. The number of hydrogen-bond donors (Lipinski definition) is 1. The van der Waals surface area contributed by atoms with Gasteiger partial charge in [-0.3, -0.25) is 4.40 Å². The number of fused-ring (bicyclic) bond motifs is 1. The van der Waals surface area contributed by atoms with Crippen LogP contribution < -0.4 is 10.1 Å². The van der Waals surface area contributed by atoms with Gasteiger partial charge in [-0.2, -0.15) is 0 Å². The number of benzene rings is 2. The normalized spacial score (nSPS) is 11.1. The molecule has 0 spiro atoms. The lowest BCUT2D eigenvalue weighted by atomic mass is 10.2. The van der Waals surface area contributed by atoms with E-state index in [1.54, 1.807) is 30.0 Å². The fourth-order valence-corrected chi connectivity index (χ4v) is 3.89. The Morgan fingerprint density at radius 1 is 1.09 bits per heavy atom. The number of nitrogens with zero attached hydrogens (tertiary/aromatic N) is 4. The molecule has 2 aromatic carbocycles. The van der Waals surface area contributed by atoms with Crippen molar-refractivity contribution in [1.82, 2.24) is 18.9 Å². The van der Waals surface area contributed by atoms with Gasteiger partial charge in [0.05, 0.1) is 30.5 Å². The van der Waals surface area contributed by atoms with Crippen LogP contribution in [0, 0.1) is 12.7 Å². The highest BCUT2D eigenvalue weighted by atomic mass is 35.5. The third kappa shape index (κ3) is 3.56. The molecule has 6 nitrogen and oxygen atoms in total. The van der Waals surface area contributed by atoms with Crippen LogP contribution in [0.15, 0.2) is 73.3 Å². The molecule has 3 aromatic heterocycles. The van der Waals surface area contributed by atoms with E-state index < -0.39 is 0 Å². The third-order valence-corrected chi connectivity index (χ3v) is 5.52. The molecular weight excluding hydrogens is 429 g/mol. The molecule has 3 heterocycles. The summed E-state index contributed by atoms with van der Waals surface area (Å²) < 4.78 is 22.6. The highest BCUT2D eigenvalue weighted by Gasteiger charge is 2.15. The number of aryl methyl sites for hydroxylation is 1. The van der Waals surface area contributed by atoms with E-state index in [9.17, 15) is 4.39 Å². The summed E-state index contributed by atoms with van der Waals surface area (Å²) in [6.07, 6.45) is 5.54. The molecule has 8 heteroatoms. The molecule has 0 amide bonds. The number of anilines is 2. The van der Waals surface area contributed by atoms with E-state index >= 15 is 0 Å². The van der Waals surface area contributed by atoms with E-state index in [2.05, 4.69) is 10.3 Å². The first-order chi connectivity index (χ1) is 15.5. The fraction of sp³-hybridized carbons (Fsp3) is 0.0833. The maximum absolute atomic E-state index is 13.3. The average Bonchev–Trinajstić information content (AvgIpc) is 3.38. The van der Waals surface area contributed by atoms with Gasteiger partial charge < -0.3 is 14.6 Å². The Balaban J connectivity index is 1.53. The molecule has 5 rings (SSSR count). The number of aromatic nitrogens is 4. The van der Waals surface area contributed by atoms with Gasteiger partial charge in [0, 0.05) is 29.7 Å². The van der Waals surface area contributed by atoms with Gasteiger partial charge in [-0.25, -0.2) is 14.4 Å². The summed E-state index contributed by atoms with van der Waals surface area (Å²) >= 11 is 6.59. The summed E-state index contributed by atoms with van der Waals surface area (Å²) in [5.41, 5.74) is 5.41.